The molecule has 0 N–H and O–H groups in total. The van der Waals surface area contributed by atoms with Gasteiger partial charge in [-0.1, -0.05) is 20.3 Å². The zero-order valence-corrected chi connectivity index (χ0v) is 6.13. The lowest BCUT2D eigenvalue weighted by atomic mass is 9.84. The van der Waals surface area contributed by atoms with Crippen LogP contribution in [0.3, 0.4) is 0 Å². The van der Waals surface area contributed by atoms with E-state index in [9.17, 15) is 0 Å². The lowest BCUT2D eigenvalue weighted by molar-refractivity contribution is 0.874. The zero-order chi connectivity index (χ0) is 5.86. The Morgan fingerprint density at radius 1 is 1.57 bits per heavy atom. The van der Waals surface area contributed by atoms with Gasteiger partial charge in [-0.25, -0.2) is 0 Å². The Kier molecular flexibility index (Phi) is 3.96. The molecule has 1 atom stereocenters. The molecule has 0 aliphatic carbocycles. The third-order valence-corrected chi connectivity index (χ3v) is 1.93. The summed E-state index contributed by atoms with van der Waals surface area (Å²) in [7, 11) is 0. The van der Waals surface area contributed by atoms with Gasteiger partial charge in [0, 0.05) is 0 Å². The van der Waals surface area contributed by atoms with E-state index in [0.29, 0.717) is 5.82 Å². The molecule has 0 aromatic carbocycles. The summed E-state index contributed by atoms with van der Waals surface area (Å²) in [5.74, 6) is 0.434. The average molecular weight is 139 g/mol. The van der Waals surface area contributed by atoms with Crippen molar-refractivity contribution in [1.29, 1.82) is 0 Å². The highest BCUT2D eigenvalue weighted by molar-refractivity contribution is 7.34. The van der Waals surface area contributed by atoms with E-state index in [1.807, 2.05) is 6.92 Å². The van der Waals surface area contributed by atoms with Crippen molar-refractivity contribution in [2.24, 2.45) is 0 Å². The van der Waals surface area contributed by atoms with E-state index < -0.39 is 0 Å². The maximum absolute atomic E-state index is 5.49. The smallest absolute Gasteiger partial charge is 0.171 e. The number of hydrogen-bond donors (Lipinski definition) is 0. The molecule has 0 nitrogen and oxygen atoms in total. The van der Waals surface area contributed by atoms with Crippen molar-refractivity contribution in [1.82, 2.24) is 0 Å². The summed E-state index contributed by atoms with van der Waals surface area (Å²) in [6.07, 6.45) is 1.05. The van der Waals surface area contributed by atoms with Crippen molar-refractivity contribution in [3.8, 4) is 0 Å². The molecule has 0 rings (SSSR count). The van der Waals surface area contributed by atoms with Gasteiger partial charge in [-0.3, -0.25) is 0 Å². The molecule has 3 heteroatoms. The second-order valence-electron chi connectivity index (χ2n) is 1.72. The lowest BCUT2D eigenvalue weighted by Gasteiger charge is -2.02. The second-order valence-corrected chi connectivity index (χ2v) is 2.88. The molecule has 0 bridgehead atoms. The molecule has 0 fully saturated rings. The van der Waals surface area contributed by atoms with Crippen LogP contribution in [0.2, 0.25) is 5.82 Å². The fourth-order valence-corrected chi connectivity index (χ4v) is 0.535. The average Bonchev–Trinajstić information content (AvgIpc) is 1.65. The summed E-state index contributed by atoms with van der Waals surface area (Å²) in [6, 6.07) is 0. The standard InChI is InChI=1S/C4H9BCl2/c1-3-4(2)5(6)7/h4H,3H2,1-2H3/t4-/m1/s1. The molecule has 0 aromatic heterocycles. The number of hydrogen-bond acceptors (Lipinski definition) is 0. The highest BCUT2D eigenvalue weighted by Gasteiger charge is 2.12. The predicted octanol–water partition coefficient (Wildman–Crippen LogP) is 2.75. The molecular formula is C4H9BCl2. The fraction of sp³-hybridized carbons (Fsp3) is 1.00. The summed E-state index contributed by atoms with van der Waals surface area (Å²) in [5, 5.41) is 0. The van der Waals surface area contributed by atoms with Crippen LogP contribution in [-0.2, 0) is 0 Å². The summed E-state index contributed by atoms with van der Waals surface area (Å²) in [4.78, 5) is 0. The molecular weight excluding hydrogens is 130 g/mol. The Morgan fingerprint density at radius 3 is 2.00 bits per heavy atom. The highest BCUT2D eigenvalue weighted by Crippen LogP contribution is 2.18. The van der Waals surface area contributed by atoms with Gasteiger partial charge < -0.3 is 0 Å². The molecule has 7 heavy (non-hydrogen) atoms. The summed E-state index contributed by atoms with van der Waals surface area (Å²) in [6.45, 7) is 4.10. The lowest BCUT2D eigenvalue weighted by Crippen LogP contribution is -2.00. The van der Waals surface area contributed by atoms with Crippen LogP contribution in [0, 0.1) is 0 Å². The van der Waals surface area contributed by atoms with E-state index in [0.717, 1.165) is 6.42 Å². The van der Waals surface area contributed by atoms with Gasteiger partial charge in [0.25, 0.3) is 0 Å². The first-order valence-electron chi connectivity index (χ1n) is 2.46. The molecule has 0 spiro atoms. The summed E-state index contributed by atoms with van der Waals surface area (Å²) in [5.41, 5.74) is -0.190. The van der Waals surface area contributed by atoms with Crippen molar-refractivity contribution in [3.63, 3.8) is 0 Å². The van der Waals surface area contributed by atoms with Gasteiger partial charge in [-0.2, -0.15) is 22.9 Å². The van der Waals surface area contributed by atoms with Crippen molar-refractivity contribution >= 4 is 28.5 Å². The SMILES string of the molecule is CC[C@@H](C)B(Cl)Cl. The third kappa shape index (κ3) is 3.25. The molecule has 0 amide bonds. The van der Waals surface area contributed by atoms with Crippen molar-refractivity contribution in [3.05, 3.63) is 0 Å². The molecule has 0 unspecified atom stereocenters. The monoisotopic (exact) mass is 138 g/mol. The number of rotatable bonds is 2. The predicted molar refractivity (Wildman–Crippen MR) is 37.2 cm³/mol. The van der Waals surface area contributed by atoms with Gasteiger partial charge in [0.1, 0.15) is 0 Å². The first kappa shape index (κ1) is 7.64. The van der Waals surface area contributed by atoms with Gasteiger partial charge >= 0.3 is 5.54 Å². The van der Waals surface area contributed by atoms with Crippen LogP contribution in [0.4, 0.5) is 0 Å². The zero-order valence-electron chi connectivity index (χ0n) is 4.62. The molecule has 0 heterocycles. The van der Waals surface area contributed by atoms with Crippen molar-refractivity contribution < 1.29 is 0 Å². The number of halogens is 2. The Morgan fingerprint density at radius 2 is 2.00 bits per heavy atom. The molecule has 0 radical (unpaired) electrons. The van der Waals surface area contributed by atoms with Crippen LogP contribution >= 0.6 is 22.9 Å². The summed E-state index contributed by atoms with van der Waals surface area (Å²) < 4.78 is 0. The summed E-state index contributed by atoms with van der Waals surface area (Å²) >= 11 is 11.0. The van der Waals surface area contributed by atoms with Crippen LogP contribution in [-0.4, -0.2) is 5.54 Å². The minimum atomic E-state index is -0.190. The van der Waals surface area contributed by atoms with Gasteiger partial charge in [0.05, 0.1) is 0 Å². The fourth-order valence-electron chi connectivity index (χ4n) is 0.178. The van der Waals surface area contributed by atoms with Crippen LogP contribution in [0.5, 0.6) is 0 Å². The second kappa shape index (κ2) is 3.62. The first-order valence-corrected chi connectivity index (χ1v) is 3.34. The molecule has 0 saturated heterocycles. The van der Waals surface area contributed by atoms with E-state index >= 15 is 0 Å². The van der Waals surface area contributed by atoms with Crippen LogP contribution in [0.25, 0.3) is 0 Å². The Hall–Kier alpha value is 0.645. The van der Waals surface area contributed by atoms with E-state index in [1.54, 1.807) is 0 Å². The van der Waals surface area contributed by atoms with E-state index in [2.05, 4.69) is 6.92 Å². The normalized spacial score (nSPS) is 13.7. The van der Waals surface area contributed by atoms with Crippen LogP contribution in [0.1, 0.15) is 20.3 Å². The van der Waals surface area contributed by atoms with Crippen molar-refractivity contribution in [2.75, 3.05) is 0 Å². The van der Waals surface area contributed by atoms with Crippen LogP contribution in [0.15, 0.2) is 0 Å². The van der Waals surface area contributed by atoms with Gasteiger partial charge in [-0.15, -0.1) is 0 Å². The quantitative estimate of drug-likeness (QED) is 0.515. The first-order chi connectivity index (χ1) is 3.18. The molecule has 0 aliphatic rings. The minimum Gasteiger partial charge on any atom is -0.171 e. The largest absolute Gasteiger partial charge is 0.354 e. The highest BCUT2D eigenvalue weighted by atomic mass is 35.5. The Labute approximate surface area is 55.1 Å². The molecule has 0 aromatic rings. The molecule has 0 saturated carbocycles. The maximum Gasteiger partial charge on any atom is 0.354 e. The Bertz CT molecular complexity index is 47.0. The van der Waals surface area contributed by atoms with Crippen molar-refractivity contribution in [2.45, 2.75) is 26.1 Å². The van der Waals surface area contributed by atoms with Gasteiger partial charge in [0.2, 0.25) is 0 Å². The van der Waals surface area contributed by atoms with E-state index in [1.165, 1.54) is 0 Å². The topological polar surface area (TPSA) is 0 Å². The van der Waals surface area contributed by atoms with E-state index in [4.69, 9.17) is 22.9 Å². The van der Waals surface area contributed by atoms with Gasteiger partial charge in [-0.05, 0) is 5.82 Å². The minimum absolute atomic E-state index is 0.190. The van der Waals surface area contributed by atoms with E-state index in [-0.39, 0.29) is 5.54 Å². The third-order valence-electron chi connectivity index (χ3n) is 1.07. The van der Waals surface area contributed by atoms with Crippen LogP contribution < -0.4 is 0 Å². The Balaban J connectivity index is 3.14. The van der Waals surface area contributed by atoms with Gasteiger partial charge in [0.15, 0.2) is 0 Å². The molecule has 0 aliphatic heterocycles. The maximum atomic E-state index is 5.49. The molecule has 42 valence electrons.